The molecule has 0 unspecified atom stereocenters. The lowest BCUT2D eigenvalue weighted by Crippen LogP contribution is -2.10. The Hall–Kier alpha value is -1.46. The van der Waals surface area contributed by atoms with Crippen LogP contribution in [0.25, 0.3) is 0 Å². The minimum Gasteiger partial charge on any atom is -0.478 e. The zero-order valence-corrected chi connectivity index (χ0v) is 10.5. The number of pyridine rings is 1. The fourth-order valence-corrected chi connectivity index (χ4v) is 1.34. The van der Waals surface area contributed by atoms with Crippen LogP contribution in [-0.4, -0.2) is 18.1 Å². The fraction of sp³-hybridized carbons (Fsp3) is 0.583. The first-order valence-electron chi connectivity index (χ1n) is 5.93. The third-order valence-electron chi connectivity index (χ3n) is 2.23. The number of alkyl halides is 3. The number of ether oxygens (including phenoxy) is 1. The van der Waals surface area contributed by atoms with Crippen molar-refractivity contribution in [2.24, 2.45) is 0 Å². The van der Waals surface area contributed by atoms with Gasteiger partial charge in [-0.15, -0.1) is 0 Å². The van der Waals surface area contributed by atoms with Crippen LogP contribution in [0.15, 0.2) is 12.1 Å². The highest BCUT2D eigenvalue weighted by Crippen LogP contribution is 2.32. The molecule has 0 aliphatic carbocycles. The molecule has 0 aliphatic heterocycles. The molecule has 0 saturated carbocycles. The van der Waals surface area contributed by atoms with Gasteiger partial charge in [0.2, 0.25) is 5.88 Å². The molecule has 0 spiro atoms. The van der Waals surface area contributed by atoms with Crippen molar-refractivity contribution in [2.45, 2.75) is 32.9 Å². The van der Waals surface area contributed by atoms with E-state index in [4.69, 9.17) is 4.74 Å². The molecule has 1 heterocycles. The highest BCUT2D eigenvalue weighted by Gasteiger charge is 2.31. The van der Waals surface area contributed by atoms with E-state index >= 15 is 0 Å². The monoisotopic (exact) mass is 262 g/mol. The standard InChI is InChI=1S/C12H17F3N2O/c1-3-5-6-18-11-8-9(12(13,14)15)7-10(17-11)16-4-2/h7-8H,3-6H2,1-2H3,(H,16,17). The summed E-state index contributed by atoms with van der Waals surface area (Å²) >= 11 is 0. The maximum Gasteiger partial charge on any atom is 0.416 e. The number of anilines is 1. The Morgan fingerprint density at radius 1 is 1.28 bits per heavy atom. The second kappa shape index (κ2) is 6.47. The molecule has 3 nitrogen and oxygen atoms in total. The molecule has 1 aromatic rings. The third-order valence-corrected chi connectivity index (χ3v) is 2.23. The van der Waals surface area contributed by atoms with Crippen LogP contribution < -0.4 is 10.1 Å². The molecule has 0 amide bonds. The average Bonchev–Trinajstić information content (AvgIpc) is 2.28. The Morgan fingerprint density at radius 3 is 2.56 bits per heavy atom. The summed E-state index contributed by atoms with van der Waals surface area (Å²) in [6.45, 7) is 4.64. The molecule has 102 valence electrons. The molecule has 0 fully saturated rings. The highest BCUT2D eigenvalue weighted by atomic mass is 19.4. The van der Waals surface area contributed by atoms with Crippen LogP contribution in [0.4, 0.5) is 19.0 Å². The predicted octanol–water partition coefficient (Wildman–Crippen LogP) is 3.71. The number of hydrogen-bond acceptors (Lipinski definition) is 3. The summed E-state index contributed by atoms with van der Waals surface area (Å²) in [5.74, 6) is 0.188. The number of rotatable bonds is 6. The molecular formula is C12H17F3N2O. The molecule has 0 aliphatic rings. The zero-order valence-electron chi connectivity index (χ0n) is 10.5. The summed E-state index contributed by atoms with van der Waals surface area (Å²) in [4.78, 5) is 3.98. The van der Waals surface area contributed by atoms with Gasteiger partial charge in [-0.3, -0.25) is 0 Å². The van der Waals surface area contributed by atoms with Crippen molar-refractivity contribution in [1.82, 2.24) is 4.98 Å². The molecule has 6 heteroatoms. The predicted molar refractivity (Wildman–Crippen MR) is 63.8 cm³/mol. The van der Waals surface area contributed by atoms with Crippen molar-refractivity contribution in [1.29, 1.82) is 0 Å². The number of nitrogens with one attached hydrogen (secondary N) is 1. The zero-order chi connectivity index (χ0) is 13.6. The molecule has 0 saturated heterocycles. The molecule has 1 aromatic heterocycles. The van der Waals surface area contributed by atoms with Gasteiger partial charge >= 0.3 is 6.18 Å². The summed E-state index contributed by atoms with van der Waals surface area (Å²) in [5, 5.41) is 2.76. The van der Waals surface area contributed by atoms with E-state index < -0.39 is 11.7 Å². The molecule has 1 N–H and O–H groups in total. The van der Waals surface area contributed by atoms with Gasteiger partial charge in [-0.2, -0.15) is 18.2 Å². The van der Waals surface area contributed by atoms with Crippen LogP contribution in [0.5, 0.6) is 5.88 Å². The number of aromatic nitrogens is 1. The van der Waals surface area contributed by atoms with Crippen LogP contribution in [0, 0.1) is 0 Å². The lowest BCUT2D eigenvalue weighted by Gasteiger charge is -2.12. The van der Waals surface area contributed by atoms with Crippen LogP contribution in [0.2, 0.25) is 0 Å². The van der Waals surface area contributed by atoms with Gasteiger partial charge in [0, 0.05) is 12.6 Å². The van der Waals surface area contributed by atoms with E-state index in [-0.39, 0.29) is 11.7 Å². The lowest BCUT2D eigenvalue weighted by atomic mass is 10.2. The van der Waals surface area contributed by atoms with Gasteiger partial charge in [0.1, 0.15) is 5.82 Å². The Morgan fingerprint density at radius 2 is 2.00 bits per heavy atom. The molecule has 1 rings (SSSR count). The number of halogens is 3. The molecule has 0 radical (unpaired) electrons. The highest BCUT2D eigenvalue weighted by molar-refractivity contribution is 5.42. The van der Waals surface area contributed by atoms with Crippen molar-refractivity contribution < 1.29 is 17.9 Å². The Kier molecular flexibility index (Phi) is 5.25. The van der Waals surface area contributed by atoms with E-state index in [1.807, 2.05) is 6.92 Å². The third kappa shape index (κ3) is 4.43. The van der Waals surface area contributed by atoms with Crippen molar-refractivity contribution in [3.05, 3.63) is 17.7 Å². The maximum atomic E-state index is 12.7. The van der Waals surface area contributed by atoms with Gasteiger partial charge in [0.05, 0.1) is 12.2 Å². The van der Waals surface area contributed by atoms with Crippen molar-refractivity contribution in [3.63, 3.8) is 0 Å². The number of nitrogens with zero attached hydrogens (tertiary/aromatic N) is 1. The van der Waals surface area contributed by atoms with Crippen molar-refractivity contribution in [2.75, 3.05) is 18.5 Å². The molecule has 0 atom stereocenters. The topological polar surface area (TPSA) is 34.1 Å². The van der Waals surface area contributed by atoms with E-state index in [1.54, 1.807) is 6.92 Å². The summed E-state index contributed by atoms with van der Waals surface area (Å²) in [6, 6.07) is 1.91. The van der Waals surface area contributed by atoms with Gasteiger partial charge in [-0.25, -0.2) is 0 Å². The average molecular weight is 262 g/mol. The van der Waals surface area contributed by atoms with Crippen molar-refractivity contribution >= 4 is 5.82 Å². The minimum atomic E-state index is -4.39. The van der Waals surface area contributed by atoms with Gasteiger partial charge in [0.15, 0.2) is 0 Å². The minimum absolute atomic E-state index is 0.00854. The summed E-state index contributed by atoms with van der Waals surface area (Å²) in [6.07, 6.45) is -2.69. The van der Waals surface area contributed by atoms with Gasteiger partial charge in [0.25, 0.3) is 0 Å². The van der Waals surface area contributed by atoms with E-state index in [9.17, 15) is 13.2 Å². The van der Waals surface area contributed by atoms with E-state index in [1.165, 1.54) is 0 Å². The van der Waals surface area contributed by atoms with E-state index in [0.717, 1.165) is 25.0 Å². The largest absolute Gasteiger partial charge is 0.478 e. The Labute approximate surface area is 104 Å². The molecular weight excluding hydrogens is 245 g/mol. The normalized spacial score (nSPS) is 11.4. The van der Waals surface area contributed by atoms with E-state index in [0.29, 0.717) is 13.2 Å². The SMILES string of the molecule is CCCCOc1cc(C(F)(F)F)cc(NCC)n1. The summed E-state index contributed by atoms with van der Waals surface area (Å²) < 4.78 is 43.2. The first kappa shape index (κ1) is 14.6. The Bertz CT molecular complexity index is 380. The quantitative estimate of drug-likeness (QED) is 0.793. The van der Waals surface area contributed by atoms with Crippen LogP contribution in [0.3, 0.4) is 0 Å². The van der Waals surface area contributed by atoms with Crippen LogP contribution >= 0.6 is 0 Å². The second-order valence-corrected chi connectivity index (χ2v) is 3.81. The van der Waals surface area contributed by atoms with Crippen LogP contribution in [0.1, 0.15) is 32.3 Å². The maximum absolute atomic E-state index is 12.7. The molecule has 0 aromatic carbocycles. The van der Waals surface area contributed by atoms with Gasteiger partial charge in [-0.1, -0.05) is 13.3 Å². The van der Waals surface area contributed by atoms with Crippen molar-refractivity contribution in [3.8, 4) is 5.88 Å². The summed E-state index contributed by atoms with van der Waals surface area (Å²) in [7, 11) is 0. The molecule has 18 heavy (non-hydrogen) atoms. The lowest BCUT2D eigenvalue weighted by molar-refractivity contribution is -0.137. The Balaban J connectivity index is 2.91. The first-order valence-corrected chi connectivity index (χ1v) is 5.93. The van der Waals surface area contributed by atoms with Gasteiger partial charge in [-0.05, 0) is 19.4 Å². The first-order chi connectivity index (χ1) is 8.47. The number of unbranched alkanes of at least 4 members (excludes halogenated alkanes) is 1. The fourth-order valence-electron chi connectivity index (χ4n) is 1.34. The van der Waals surface area contributed by atoms with Gasteiger partial charge < -0.3 is 10.1 Å². The van der Waals surface area contributed by atoms with E-state index in [2.05, 4.69) is 10.3 Å². The molecule has 0 bridgehead atoms. The summed E-state index contributed by atoms with van der Waals surface area (Å²) in [5.41, 5.74) is -0.750. The number of hydrogen-bond donors (Lipinski definition) is 1. The van der Waals surface area contributed by atoms with Crippen LogP contribution in [-0.2, 0) is 6.18 Å². The smallest absolute Gasteiger partial charge is 0.416 e. The second-order valence-electron chi connectivity index (χ2n) is 3.81.